The Kier molecular flexibility index (Phi) is 14.7. The molecule has 1 aliphatic rings. The average molecular weight is 541 g/mol. The highest BCUT2D eigenvalue weighted by Crippen LogP contribution is 2.44. The average Bonchev–Trinajstić information content (AvgIpc) is 3.19. The van der Waals surface area contributed by atoms with Crippen molar-refractivity contribution in [3.8, 4) is 0 Å². The molecule has 0 saturated carbocycles. The Morgan fingerprint density at radius 1 is 0.944 bits per heavy atom. The number of nitrogens with one attached hydrogen (secondary N) is 1. The number of aryl methyl sites for hydroxylation is 1. The van der Waals surface area contributed by atoms with E-state index in [0.717, 1.165) is 40.9 Å². The van der Waals surface area contributed by atoms with E-state index in [1.807, 2.05) is 6.92 Å². The lowest BCUT2D eigenvalue weighted by Crippen LogP contribution is -2.60. The van der Waals surface area contributed by atoms with E-state index >= 15 is 0 Å². The number of rotatable bonds is 17. The third kappa shape index (κ3) is 9.07. The number of hydrogen-bond donors (Lipinski definition) is 1. The minimum absolute atomic E-state index is 0. The fourth-order valence-electron chi connectivity index (χ4n) is 5.00. The van der Waals surface area contributed by atoms with Crippen molar-refractivity contribution >= 4 is 31.6 Å². The molecule has 7 heteroatoms. The van der Waals surface area contributed by atoms with Crippen molar-refractivity contribution in [1.29, 1.82) is 0 Å². The molecule has 1 unspecified atom stereocenters. The summed E-state index contributed by atoms with van der Waals surface area (Å²) in [5.74, 6) is 0. The van der Waals surface area contributed by atoms with E-state index in [4.69, 9.17) is 4.74 Å². The van der Waals surface area contributed by atoms with Gasteiger partial charge in [-0.25, -0.2) is 13.4 Å². The Hall–Kier alpha value is -1.02. The normalized spacial score (nSPS) is 16.8. The Bertz CT molecular complexity index is 972. The fraction of sp³-hybridized carbons (Fsp3) is 0.759. The number of hydrogen-bond acceptors (Lipinski definition) is 5. The lowest BCUT2D eigenvalue weighted by molar-refractivity contribution is -0.200. The van der Waals surface area contributed by atoms with E-state index in [-0.39, 0.29) is 20.3 Å². The second-order valence-electron chi connectivity index (χ2n) is 10.1. The number of unbranched alkanes of at least 4 members (excludes halogenated alkanes) is 10. The minimum Gasteiger partial charge on any atom is -0.361 e. The van der Waals surface area contributed by atoms with Gasteiger partial charge in [0.2, 0.25) is 10.0 Å². The van der Waals surface area contributed by atoms with Gasteiger partial charge in [-0.1, -0.05) is 106 Å². The van der Waals surface area contributed by atoms with Crippen LogP contribution in [0, 0.1) is 12.3 Å². The van der Waals surface area contributed by atoms with Gasteiger partial charge >= 0.3 is 0 Å². The molecule has 1 aliphatic heterocycles. The molecule has 1 N–H and O–H groups in total. The predicted octanol–water partition coefficient (Wildman–Crippen LogP) is 9.00. The number of sulfonamides is 1. The van der Waals surface area contributed by atoms with Gasteiger partial charge in [-0.2, -0.15) is 4.72 Å². The van der Waals surface area contributed by atoms with Crippen LogP contribution in [0.15, 0.2) is 23.1 Å². The van der Waals surface area contributed by atoms with E-state index in [1.54, 1.807) is 18.2 Å². The first kappa shape index (κ1) is 33.0. The Morgan fingerprint density at radius 3 is 2.03 bits per heavy atom. The fourth-order valence-corrected chi connectivity index (χ4v) is 7.20. The van der Waals surface area contributed by atoms with Crippen LogP contribution in [0.4, 0.5) is 0 Å². The molecule has 5 nitrogen and oxygen atoms in total. The number of benzene rings is 1. The zero-order chi connectivity index (χ0) is 24.4. The van der Waals surface area contributed by atoms with Crippen LogP contribution >= 0.6 is 11.3 Å². The molecule has 0 amide bonds. The number of fused-ring (bicyclic) bond motifs is 1. The Labute approximate surface area is 225 Å². The van der Waals surface area contributed by atoms with E-state index in [2.05, 4.69) is 23.6 Å². The van der Waals surface area contributed by atoms with Crippen LogP contribution in [0.2, 0.25) is 0 Å². The van der Waals surface area contributed by atoms with Gasteiger partial charge in [-0.3, -0.25) is 0 Å². The van der Waals surface area contributed by atoms with Crippen molar-refractivity contribution in [3.05, 3.63) is 23.2 Å². The number of ether oxygens (including phenoxy) is 1. The van der Waals surface area contributed by atoms with Gasteiger partial charge in [0.1, 0.15) is 6.23 Å². The monoisotopic (exact) mass is 540 g/mol. The molecule has 36 heavy (non-hydrogen) atoms. The molecule has 1 saturated heterocycles. The molecule has 1 aromatic carbocycles. The van der Waals surface area contributed by atoms with Crippen LogP contribution in [-0.2, 0) is 14.8 Å². The molecule has 1 atom stereocenters. The summed E-state index contributed by atoms with van der Waals surface area (Å²) in [6.45, 7) is 7.09. The van der Waals surface area contributed by atoms with Gasteiger partial charge in [-0.05, 0) is 38.0 Å². The van der Waals surface area contributed by atoms with Crippen molar-refractivity contribution in [2.45, 2.75) is 137 Å². The van der Waals surface area contributed by atoms with Gasteiger partial charge < -0.3 is 4.74 Å². The van der Waals surface area contributed by atoms with E-state index in [9.17, 15) is 8.42 Å². The SMILES string of the molecule is C.C.CCCCCCCCC1(CCCCCCCC)COC1NS(=O)(=O)c1ccc2nc(C)sc2c1. The molecule has 0 bridgehead atoms. The van der Waals surface area contributed by atoms with Gasteiger partial charge in [0.05, 0.1) is 26.7 Å². The minimum atomic E-state index is -3.65. The third-order valence-corrected chi connectivity index (χ3v) is 9.52. The Balaban J connectivity index is 0.00000324. The molecule has 3 rings (SSSR count). The highest BCUT2D eigenvalue weighted by molar-refractivity contribution is 7.89. The van der Waals surface area contributed by atoms with Crippen molar-refractivity contribution in [1.82, 2.24) is 9.71 Å². The molecule has 2 aromatic rings. The van der Waals surface area contributed by atoms with Crippen LogP contribution in [0.1, 0.15) is 124 Å². The molecule has 1 fully saturated rings. The molecule has 0 spiro atoms. The molecule has 1 aromatic heterocycles. The smallest absolute Gasteiger partial charge is 0.242 e. The van der Waals surface area contributed by atoms with Crippen molar-refractivity contribution in [2.75, 3.05) is 6.61 Å². The molecular formula is C29H52N2O3S2. The molecular weight excluding hydrogens is 488 g/mol. The predicted molar refractivity (Wildman–Crippen MR) is 156 cm³/mol. The van der Waals surface area contributed by atoms with Crippen LogP contribution in [-0.4, -0.2) is 26.2 Å². The maximum atomic E-state index is 13.3. The first-order valence-electron chi connectivity index (χ1n) is 13.4. The van der Waals surface area contributed by atoms with Gasteiger partial charge in [0, 0.05) is 5.41 Å². The quantitative estimate of drug-likeness (QED) is 0.203. The first-order valence-corrected chi connectivity index (χ1v) is 15.7. The number of nitrogens with zero attached hydrogens (tertiary/aromatic N) is 1. The summed E-state index contributed by atoms with van der Waals surface area (Å²) in [5, 5.41) is 0.941. The van der Waals surface area contributed by atoms with E-state index < -0.39 is 16.3 Å². The maximum Gasteiger partial charge on any atom is 0.242 e. The first-order chi connectivity index (χ1) is 16.4. The highest BCUT2D eigenvalue weighted by atomic mass is 32.2. The van der Waals surface area contributed by atoms with E-state index in [1.165, 1.54) is 75.5 Å². The molecule has 2 heterocycles. The number of thiazole rings is 1. The Morgan fingerprint density at radius 2 is 1.50 bits per heavy atom. The van der Waals surface area contributed by atoms with Gasteiger partial charge in [0.15, 0.2) is 0 Å². The van der Waals surface area contributed by atoms with Crippen molar-refractivity contribution in [2.24, 2.45) is 5.41 Å². The summed E-state index contributed by atoms with van der Waals surface area (Å²) in [5.41, 5.74) is 0.773. The van der Waals surface area contributed by atoms with Crippen LogP contribution < -0.4 is 4.72 Å². The van der Waals surface area contributed by atoms with Gasteiger partial charge in [-0.15, -0.1) is 11.3 Å². The zero-order valence-corrected chi connectivity index (χ0v) is 23.0. The highest BCUT2D eigenvalue weighted by Gasteiger charge is 2.49. The largest absolute Gasteiger partial charge is 0.361 e. The summed E-state index contributed by atoms with van der Waals surface area (Å²) in [4.78, 5) is 4.75. The molecule has 0 aliphatic carbocycles. The van der Waals surface area contributed by atoms with Crippen molar-refractivity contribution in [3.63, 3.8) is 0 Å². The van der Waals surface area contributed by atoms with Crippen LogP contribution in [0.5, 0.6) is 0 Å². The molecule has 0 radical (unpaired) electrons. The van der Waals surface area contributed by atoms with Crippen LogP contribution in [0.3, 0.4) is 0 Å². The summed E-state index contributed by atoms with van der Waals surface area (Å²) in [6.07, 6.45) is 16.6. The summed E-state index contributed by atoms with van der Waals surface area (Å²) in [7, 11) is -3.65. The molecule has 208 valence electrons. The second kappa shape index (κ2) is 16.1. The van der Waals surface area contributed by atoms with Gasteiger partial charge in [0.25, 0.3) is 0 Å². The van der Waals surface area contributed by atoms with Crippen molar-refractivity contribution < 1.29 is 13.2 Å². The van der Waals surface area contributed by atoms with E-state index in [0.29, 0.717) is 11.5 Å². The summed E-state index contributed by atoms with van der Waals surface area (Å²) < 4.78 is 36.2. The van der Waals surface area contributed by atoms with Crippen LogP contribution in [0.25, 0.3) is 10.2 Å². The third-order valence-electron chi connectivity index (χ3n) is 7.19. The summed E-state index contributed by atoms with van der Waals surface area (Å²) in [6, 6.07) is 5.20. The second-order valence-corrected chi connectivity index (χ2v) is 13.0. The lowest BCUT2D eigenvalue weighted by Gasteiger charge is -2.49. The maximum absolute atomic E-state index is 13.3. The topological polar surface area (TPSA) is 68.3 Å². The summed E-state index contributed by atoms with van der Waals surface area (Å²) >= 11 is 1.52. The lowest BCUT2D eigenvalue weighted by atomic mass is 9.73. The zero-order valence-electron chi connectivity index (χ0n) is 21.4. The standard InChI is InChI=1S/C27H44N2O3S2.2CH4/c1-4-6-8-10-12-14-18-27(19-15-13-11-9-7-5-2)21-32-26(27)29-34(30,31)23-16-17-24-25(20-23)33-22(3)28-24;;/h16-17,20,26,29H,4-15,18-19,21H2,1-3H3;2*1H4. The number of aromatic nitrogens is 1.